The Morgan fingerprint density at radius 2 is 1.87 bits per heavy atom. The predicted octanol–water partition coefficient (Wildman–Crippen LogP) is 2.67. The van der Waals surface area contributed by atoms with Crippen LogP contribution in [0.25, 0.3) is 5.69 Å². The first-order valence-electron chi connectivity index (χ1n) is 9.89. The van der Waals surface area contributed by atoms with Gasteiger partial charge >= 0.3 is 0 Å². The Morgan fingerprint density at radius 3 is 2.55 bits per heavy atom. The van der Waals surface area contributed by atoms with E-state index >= 15 is 0 Å². The number of hydrogen-bond donors (Lipinski definition) is 1. The van der Waals surface area contributed by atoms with Crippen LogP contribution in [-0.2, 0) is 27.7 Å². The molecule has 1 aliphatic rings. The second kappa shape index (κ2) is 7.90. The number of aryl methyl sites for hydroxylation is 1. The molecule has 0 saturated heterocycles. The van der Waals surface area contributed by atoms with Crippen LogP contribution in [0.4, 0.5) is 10.1 Å². The molecular formula is C22H23FN4O3S. The fourth-order valence-electron chi connectivity index (χ4n) is 3.93. The minimum Gasteiger partial charge on any atom is -0.312 e. The number of fused-ring (bicyclic) bond motifs is 1. The maximum atomic E-state index is 13.2. The number of rotatable bonds is 5. The molecule has 0 saturated carbocycles. The first-order chi connectivity index (χ1) is 14.7. The molecule has 0 bridgehead atoms. The van der Waals surface area contributed by atoms with E-state index in [9.17, 15) is 17.6 Å². The van der Waals surface area contributed by atoms with Gasteiger partial charge in [-0.05, 0) is 75.3 Å². The van der Waals surface area contributed by atoms with Crippen molar-refractivity contribution in [1.82, 2.24) is 14.5 Å². The SMILES string of the molecule is CNS(=O)(=O)c1ccc2c(c1)CCN2C(=O)Cc1c(C)nn(-c2ccc(F)cc2)c1C. The van der Waals surface area contributed by atoms with Gasteiger partial charge in [-0.25, -0.2) is 22.2 Å². The molecule has 2 aromatic carbocycles. The van der Waals surface area contributed by atoms with Crippen molar-refractivity contribution in [2.75, 3.05) is 18.5 Å². The number of carbonyl (C=O) groups excluding carboxylic acids is 1. The van der Waals surface area contributed by atoms with E-state index in [-0.39, 0.29) is 23.0 Å². The Balaban J connectivity index is 1.59. The number of aromatic nitrogens is 2. The summed E-state index contributed by atoms with van der Waals surface area (Å²) in [6.07, 6.45) is 0.774. The van der Waals surface area contributed by atoms with E-state index in [0.29, 0.717) is 13.0 Å². The van der Waals surface area contributed by atoms with Crippen LogP contribution in [0, 0.1) is 19.7 Å². The highest BCUT2D eigenvalue weighted by Gasteiger charge is 2.28. The number of amides is 1. The van der Waals surface area contributed by atoms with E-state index in [4.69, 9.17) is 0 Å². The van der Waals surface area contributed by atoms with Crippen molar-refractivity contribution in [3.63, 3.8) is 0 Å². The quantitative estimate of drug-likeness (QED) is 0.659. The summed E-state index contributed by atoms with van der Waals surface area (Å²) in [5.41, 5.74) is 4.70. The van der Waals surface area contributed by atoms with Gasteiger partial charge in [0.05, 0.1) is 22.7 Å². The molecule has 9 heteroatoms. The Kier molecular flexibility index (Phi) is 5.40. The van der Waals surface area contributed by atoms with Crippen LogP contribution in [0.3, 0.4) is 0 Å². The van der Waals surface area contributed by atoms with Crippen molar-refractivity contribution in [2.24, 2.45) is 0 Å². The fraction of sp³-hybridized carbons (Fsp3) is 0.273. The molecule has 1 N–H and O–H groups in total. The number of anilines is 1. The first kappa shape index (κ1) is 21.2. The number of carbonyl (C=O) groups is 1. The molecule has 2 heterocycles. The average Bonchev–Trinajstić information content (AvgIpc) is 3.30. The van der Waals surface area contributed by atoms with Gasteiger partial charge in [0.2, 0.25) is 15.9 Å². The zero-order valence-electron chi connectivity index (χ0n) is 17.5. The Hall–Kier alpha value is -3.04. The van der Waals surface area contributed by atoms with Crippen LogP contribution in [0.5, 0.6) is 0 Å². The molecule has 1 amide bonds. The molecule has 4 rings (SSSR count). The van der Waals surface area contributed by atoms with Crippen molar-refractivity contribution < 1.29 is 17.6 Å². The Labute approximate surface area is 180 Å². The first-order valence-corrected chi connectivity index (χ1v) is 11.4. The third kappa shape index (κ3) is 3.86. The molecule has 7 nitrogen and oxygen atoms in total. The number of benzene rings is 2. The summed E-state index contributed by atoms with van der Waals surface area (Å²) in [5, 5.41) is 4.53. The normalized spacial score (nSPS) is 13.5. The van der Waals surface area contributed by atoms with Crippen molar-refractivity contribution in [3.05, 3.63) is 70.8 Å². The smallest absolute Gasteiger partial charge is 0.240 e. The maximum absolute atomic E-state index is 13.2. The van der Waals surface area contributed by atoms with Gasteiger partial charge in [-0.2, -0.15) is 5.10 Å². The predicted molar refractivity (Wildman–Crippen MR) is 115 cm³/mol. The summed E-state index contributed by atoms with van der Waals surface area (Å²) in [7, 11) is -2.16. The van der Waals surface area contributed by atoms with Crippen LogP contribution in [-0.4, -0.2) is 37.7 Å². The van der Waals surface area contributed by atoms with Crippen LogP contribution in [0.1, 0.15) is 22.5 Å². The third-order valence-corrected chi connectivity index (χ3v) is 7.08. The highest BCUT2D eigenvalue weighted by atomic mass is 32.2. The van der Waals surface area contributed by atoms with Gasteiger partial charge in [-0.15, -0.1) is 0 Å². The van der Waals surface area contributed by atoms with E-state index in [1.54, 1.807) is 33.8 Å². The van der Waals surface area contributed by atoms with Gasteiger partial charge in [0.1, 0.15) is 5.82 Å². The monoisotopic (exact) mass is 442 g/mol. The highest BCUT2D eigenvalue weighted by Crippen LogP contribution is 2.31. The van der Waals surface area contributed by atoms with E-state index in [2.05, 4.69) is 9.82 Å². The molecule has 0 radical (unpaired) electrons. The van der Waals surface area contributed by atoms with E-state index < -0.39 is 10.0 Å². The molecule has 0 aliphatic carbocycles. The summed E-state index contributed by atoms with van der Waals surface area (Å²) >= 11 is 0. The molecule has 0 fully saturated rings. The van der Waals surface area contributed by atoms with Crippen LogP contribution in [0.15, 0.2) is 47.4 Å². The number of nitrogens with one attached hydrogen (secondary N) is 1. The van der Waals surface area contributed by atoms with Crippen molar-refractivity contribution >= 4 is 21.6 Å². The Morgan fingerprint density at radius 1 is 1.16 bits per heavy atom. The van der Waals surface area contributed by atoms with Gasteiger partial charge in [-0.1, -0.05) is 0 Å². The molecule has 0 spiro atoms. The third-order valence-electron chi connectivity index (χ3n) is 5.67. The molecule has 1 aromatic heterocycles. The lowest BCUT2D eigenvalue weighted by Gasteiger charge is -2.18. The second-order valence-electron chi connectivity index (χ2n) is 7.51. The zero-order chi connectivity index (χ0) is 22.3. The lowest BCUT2D eigenvalue weighted by molar-refractivity contribution is -0.117. The fourth-order valence-corrected chi connectivity index (χ4v) is 4.71. The number of halogens is 1. The molecule has 1 aliphatic heterocycles. The summed E-state index contributed by atoms with van der Waals surface area (Å²) in [4.78, 5) is 15.0. The number of nitrogens with zero attached hydrogens (tertiary/aromatic N) is 3. The molecular weight excluding hydrogens is 419 g/mol. The largest absolute Gasteiger partial charge is 0.312 e. The lowest BCUT2D eigenvalue weighted by atomic mass is 10.1. The minimum atomic E-state index is -3.53. The van der Waals surface area contributed by atoms with Crippen molar-refractivity contribution in [2.45, 2.75) is 31.6 Å². The van der Waals surface area contributed by atoms with E-state index in [0.717, 1.165) is 33.9 Å². The zero-order valence-corrected chi connectivity index (χ0v) is 18.3. The molecule has 0 atom stereocenters. The van der Waals surface area contributed by atoms with Crippen LogP contribution >= 0.6 is 0 Å². The van der Waals surface area contributed by atoms with E-state index in [1.807, 2.05) is 13.8 Å². The van der Waals surface area contributed by atoms with Gasteiger partial charge in [0.25, 0.3) is 0 Å². The van der Waals surface area contributed by atoms with E-state index in [1.165, 1.54) is 25.2 Å². The Bertz CT molecular complexity index is 1270. The van der Waals surface area contributed by atoms with Crippen molar-refractivity contribution in [3.8, 4) is 5.69 Å². The second-order valence-corrected chi connectivity index (χ2v) is 9.39. The highest BCUT2D eigenvalue weighted by molar-refractivity contribution is 7.89. The lowest BCUT2D eigenvalue weighted by Crippen LogP contribution is -2.30. The van der Waals surface area contributed by atoms with Gasteiger partial charge in [0, 0.05) is 23.5 Å². The molecule has 3 aromatic rings. The van der Waals surface area contributed by atoms with Gasteiger partial charge < -0.3 is 4.90 Å². The van der Waals surface area contributed by atoms with Crippen LogP contribution < -0.4 is 9.62 Å². The van der Waals surface area contributed by atoms with Crippen molar-refractivity contribution in [1.29, 1.82) is 0 Å². The number of sulfonamides is 1. The summed E-state index contributed by atoms with van der Waals surface area (Å²) < 4.78 is 41.4. The summed E-state index contributed by atoms with van der Waals surface area (Å²) in [6.45, 7) is 4.24. The van der Waals surface area contributed by atoms with Crippen LogP contribution in [0.2, 0.25) is 0 Å². The standard InChI is InChI=1S/C22H23FN4O3S/c1-14-20(15(2)27(25-14)18-6-4-17(23)5-7-18)13-22(28)26-11-10-16-12-19(8-9-21(16)26)31(29,30)24-3/h4-9,12,24H,10-11,13H2,1-3H3. The maximum Gasteiger partial charge on any atom is 0.240 e. The molecule has 0 unspecified atom stereocenters. The summed E-state index contributed by atoms with van der Waals surface area (Å²) in [6, 6.07) is 10.9. The van der Waals surface area contributed by atoms with Gasteiger partial charge in [-0.3, -0.25) is 4.79 Å². The van der Waals surface area contributed by atoms with Gasteiger partial charge in [0.15, 0.2) is 0 Å². The topological polar surface area (TPSA) is 84.3 Å². The molecule has 31 heavy (non-hydrogen) atoms. The minimum absolute atomic E-state index is 0.0761. The summed E-state index contributed by atoms with van der Waals surface area (Å²) in [5.74, 6) is -0.396. The average molecular weight is 443 g/mol. The number of hydrogen-bond acceptors (Lipinski definition) is 4. The molecule has 162 valence electrons.